The van der Waals surface area contributed by atoms with E-state index in [9.17, 15) is 0 Å². The minimum Gasteiger partial charge on any atom is -0.494 e. The van der Waals surface area contributed by atoms with Crippen molar-refractivity contribution in [1.29, 1.82) is 0 Å². The molecule has 0 saturated carbocycles. The highest BCUT2D eigenvalue weighted by atomic mass is 16.5. The monoisotopic (exact) mass is 285 g/mol. The number of ether oxygens (including phenoxy) is 2. The minimum atomic E-state index is 0.680. The van der Waals surface area contributed by atoms with E-state index in [0.717, 1.165) is 29.3 Å². The van der Waals surface area contributed by atoms with E-state index in [1.54, 1.807) is 0 Å². The molecule has 0 aliphatic carbocycles. The van der Waals surface area contributed by atoms with Crippen molar-refractivity contribution in [1.82, 2.24) is 0 Å². The summed E-state index contributed by atoms with van der Waals surface area (Å²) in [7, 11) is 0. The first-order chi connectivity index (χ1) is 10.2. The molecule has 2 rings (SSSR count). The highest BCUT2D eigenvalue weighted by molar-refractivity contribution is 5.54. The van der Waals surface area contributed by atoms with Crippen LogP contribution >= 0.6 is 0 Å². The fourth-order valence-corrected chi connectivity index (χ4v) is 2.23. The van der Waals surface area contributed by atoms with Crippen molar-refractivity contribution in [2.24, 2.45) is 0 Å². The normalized spacial score (nSPS) is 10.2. The van der Waals surface area contributed by atoms with E-state index in [1.165, 1.54) is 5.56 Å². The molecule has 0 unspecified atom stereocenters. The first-order valence-corrected chi connectivity index (χ1v) is 7.42. The third-order valence-corrected chi connectivity index (χ3v) is 3.25. The molecule has 0 amide bonds. The van der Waals surface area contributed by atoms with Gasteiger partial charge in [-0.1, -0.05) is 18.2 Å². The summed E-state index contributed by atoms with van der Waals surface area (Å²) < 4.78 is 11.2. The zero-order valence-electron chi connectivity index (χ0n) is 13.0. The topological polar surface area (TPSA) is 30.5 Å². The van der Waals surface area contributed by atoms with Crippen LogP contribution in [0.5, 0.6) is 11.5 Å². The summed E-state index contributed by atoms with van der Waals surface area (Å²) >= 11 is 0. The molecule has 2 aromatic carbocycles. The zero-order chi connectivity index (χ0) is 15.1. The van der Waals surface area contributed by atoms with Gasteiger partial charge in [-0.15, -0.1) is 0 Å². The maximum absolute atomic E-state index is 5.65. The first-order valence-electron chi connectivity index (χ1n) is 7.42. The van der Waals surface area contributed by atoms with Crippen LogP contribution in [-0.4, -0.2) is 13.2 Å². The molecule has 0 aliphatic rings. The summed E-state index contributed by atoms with van der Waals surface area (Å²) in [6.07, 6.45) is 0. The lowest BCUT2D eigenvalue weighted by Gasteiger charge is -2.14. The molecule has 2 aromatic rings. The minimum absolute atomic E-state index is 0.680. The maximum Gasteiger partial charge on any atom is 0.124 e. The molecule has 0 atom stereocenters. The van der Waals surface area contributed by atoms with E-state index in [1.807, 2.05) is 38.1 Å². The second-order valence-corrected chi connectivity index (χ2v) is 4.80. The van der Waals surface area contributed by atoms with Crippen LogP contribution in [-0.2, 0) is 6.54 Å². The highest BCUT2D eigenvalue weighted by Crippen LogP contribution is 2.24. The molecular weight excluding hydrogens is 262 g/mol. The van der Waals surface area contributed by atoms with Gasteiger partial charge >= 0.3 is 0 Å². The van der Waals surface area contributed by atoms with Crippen molar-refractivity contribution >= 4 is 5.69 Å². The smallest absolute Gasteiger partial charge is 0.124 e. The SMILES string of the molecule is CCOc1ccc(NCc2ccccc2OCC)c(C)c1. The Hall–Kier alpha value is -2.16. The Morgan fingerprint density at radius 3 is 2.43 bits per heavy atom. The number of hydrogen-bond donors (Lipinski definition) is 1. The van der Waals surface area contributed by atoms with E-state index in [-0.39, 0.29) is 0 Å². The lowest BCUT2D eigenvalue weighted by atomic mass is 10.1. The van der Waals surface area contributed by atoms with Crippen LogP contribution in [0.25, 0.3) is 0 Å². The lowest BCUT2D eigenvalue weighted by Crippen LogP contribution is -2.04. The molecule has 0 radical (unpaired) electrons. The molecule has 3 nitrogen and oxygen atoms in total. The number of hydrogen-bond acceptors (Lipinski definition) is 3. The van der Waals surface area contributed by atoms with Crippen molar-refractivity contribution in [2.45, 2.75) is 27.3 Å². The summed E-state index contributed by atoms with van der Waals surface area (Å²) in [6, 6.07) is 14.2. The van der Waals surface area contributed by atoms with Crippen molar-refractivity contribution in [3.05, 3.63) is 53.6 Å². The van der Waals surface area contributed by atoms with Gasteiger partial charge in [0.15, 0.2) is 0 Å². The third-order valence-electron chi connectivity index (χ3n) is 3.25. The van der Waals surface area contributed by atoms with Crippen LogP contribution < -0.4 is 14.8 Å². The van der Waals surface area contributed by atoms with Crippen molar-refractivity contribution in [3.63, 3.8) is 0 Å². The van der Waals surface area contributed by atoms with Crippen LogP contribution in [0.15, 0.2) is 42.5 Å². The number of benzene rings is 2. The average molecular weight is 285 g/mol. The van der Waals surface area contributed by atoms with Gasteiger partial charge < -0.3 is 14.8 Å². The molecule has 0 heterocycles. The molecule has 0 bridgehead atoms. The predicted molar refractivity (Wildman–Crippen MR) is 87.3 cm³/mol. The Morgan fingerprint density at radius 2 is 1.71 bits per heavy atom. The average Bonchev–Trinajstić information content (AvgIpc) is 2.48. The molecule has 21 heavy (non-hydrogen) atoms. The Morgan fingerprint density at radius 1 is 0.952 bits per heavy atom. The number of nitrogens with one attached hydrogen (secondary N) is 1. The Labute approximate surface area is 126 Å². The second kappa shape index (κ2) is 7.58. The Balaban J connectivity index is 2.06. The number of rotatable bonds is 7. The van der Waals surface area contributed by atoms with Crippen LogP contribution in [0.4, 0.5) is 5.69 Å². The van der Waals surface area contributed by atoms with Gasteiger partial charge in [0.25, 0.3) is 0 Å². The molecule has 0 saturated heterocycles. The van der Waals surface area contributed by atoms with E-state index in [0.29, 0.717) is 13.2 Å². The Bertz CT molecular complexity index is 581. The number of anilines is 1. The summed E-state index contributed by atoms with van der Waals surface area (Å²) in [5.41, 5.74) is 3.45. The van der Waals surface area contributed by atoms with Crippen LogP contribution in [0.2, 0.25) is 0 Å². The number of aryl methyl sites for hydroxylation is 1. The summed E-state index contributed by atoms with van der Waals surface area (Å²) in [6.45, 7) is 8.18. The van der Waals surface area contributed by atoms with Crippen molar-refractivity contribution in [2.75, 3.05) is 18.5 Å². The van der Waals surface area contributed by atoms with Crippen molar-refractivity contribution < 1.29 is 9.47 Å². The largest absolute Gasteiger partial charge is 0.494 e. The molecule has 112 valence electrons. The molecule has 0 aromatic heterocycles. The number of para-hydroxylation sites is 1. The quantitative estimate of drug-likeness (QED) is 0.817. The van der Waals surface area contributed by atoms with Crippen LogP contribution in [0, 0.1) is 6.92 Å². The molecule has 0 fully saturated rings. The molecule has 0 spiro atoms. The third kappa shape index (κ3) is 4.15. The molecule has 3 heteroatoms. The van der Waals surface area contributed by atoms with Crippen molar-refractivity contribution in [3.8, 4) is 11.5 Å². The van der Waals surface area contributed by atoms with Gasteiger partial charge in [-0.2, -0.15) is 0 Å². The molecule has 0 aliphatic heterocycles. The van der Waals surface area contributed by atoms with Crippen LogP contribution in [0.1, 0.15) is 25.0 Å². The highest BCUT2D eigenvalue weighted by Gasteiger charge is 2.04. The van der Waals surface area contributed by atoms with Gasteiger partial charge in [-0.3, -0.25) is 0 Å². The van der Waals surface area contributed by atoms with E-state index >= 15 is 0 Å². The van der Waals surface area contributed by atoms with Gasteiger partial charge in [0.2, 0.25) is 0 Å². The fraction of sp³-hybridized carbons (Fsp3) is 0.333. The molecule has 1 N–H and O–H groups in total. The zero-order valence-corrected chi connectivity index (χ0v) is 13.0. The Kier molecular flexibility index (Phi) is 5.50. The van der Waals surface area contributed by atoms with Gasteiger partial charge in [0, 0.05) is 17.8 Å². The van der Waals surface area contributed by atoms with Gasteiger partial charge in [0.05, 0.1) is 13.2 Å². The van der Waals surface area contributed by atoms with E-state index < -0.39 is 0 Å². The fourth-order valence-electron chi connectivity index (χ4n) is 2.23. The van der Waals surface area contributed by atoms with E-state index in [2.05, 4.69) is 30.4 Å². The molecular formula is C18H23NO2. The maximum atomic E-state index is 5.65. The van der Waals surface area contributed by atoms with Gasteiger partial charge in [-0.05, 0) is 50.6 Å². The van der Waals surface area contributed by atoms with E-state index in [4.69, 9.17) is 9.47 Å². The summed E-state index contributed by atoms with van der Waals surface area (Å²) in [5, 5.41) is 3.46. The first kappa shape index (κ1) is 15.2. The summed E-state index contributed by atoms with van der Waals surface area (Å²) in [5.74, 6) is 1.85. The van der Waals surface area contributed by atoms with Gasteiger partial charge in [-0.25, -0.2) is 0 Å². The summed E-state index contributed by atoms with van der Waals surface area (Å²) in [4.78, 5) is 0. The predicted octanol–water partition coefficient (Wildman–Crippen LogP) is 4.40. The van der Waals surface area contributed by atoms with Gasteiger partial charge in [0.1, 0.15) is 11.5 Å². The lowest BCUT2D eigenvalue weighted by molar-refractivity contribution is 0.337. The van der Waals surface area contributed by atoms with Crippen LogP contribution in [0.3, 0.4) is 0 Å². The second-order valence-electron chi connectivity index (χ2n) is 4.80. The standard InChI is InChI=1S/C18H23NO2/c1-4-20-16-10-11-17(14(3)12-16)19-13-15-8-6-7-9-18(15)21-5-2/h6-12,19H,4-5,13H2,1-3H3.